The lowest BCUT2D eigenvalue weighted by molar-refractivity contribution is -0.143. The molecular weight excluding hydrogens is 360 g/mol. The Kier molecular flexibility index (Phi) is 4.49. The zero-order chi connectivity index (χ0) is 19.7. The second-order valence-electron chi connectivity index (χ2n) is 6.53. The van der Waals surface area contributed by atoms with Crippen molar-refractivity contribution in [2.24, 2.45) is 0 Å². The number of aromatic nitrogens is 2. The topological polar surface area (TPSA) is 98.2 Å². The van der Waals surface area contributed by atoms with Crippen LogP contribution in [0.15, 0.2) is 64.3 Å². The van der Waals surface area contributed by atoms with Crippen LogP contribution in [0.25, 0.3) is 11.1 Å². The van der Waals surface area contributed by atoms with Gasteiger partial charge in [0.05, 0.1) is 0 Å². The van der Waals surface area contributed by atoms with Crippen molar-refractivity contribution in [2.75, 3.05) is 6.61 Å². The van der Waals surface area contributed by atoms with Gasteiger partial charge < -0.3 is 4.74 Å². The van der Waals surface area contributed by atoms with Gasteiger partial charge in [-0.1, -0.05) is 36.4 Å². The highest BCUT2D eigenvalue weighted by Gasteiger charge is 2.20. The molecule has 1 N–H and O–H groups in total. The molecule has 1 aliphatic carbocycles. The molecule has 3 aromatic rings. The average molecular weight is 376 g/mol. The van der Waals surface area contributed by atoms with Crippen LogP contribution in [0.2, 0.25) is 0 Å². The van der Waals surface area contributed by atoms with Crippen LogP contribution in [0.1, 0.15) is 21.5 Å². The van der Waals surface area contributed by atoms with Crippen molar-refractivity contribution in [3.63, 3.8) is 0 Å². The molecule has 0 bridgehead atoms. The summed E-state index contributed by atoms with van der Waals surface area (Å²) in [5, 5.41) is 0. The number of nitrogens with one attached hydrogen (secondary N) is 1. The van der Waals surface area contributed by atoms with Crippen LogP contribution in [-0.4, -0.2) is 27.9 Å². The first-order valence-corrected chi connectivity index (χ1v) is 8.71. The Hall–Kier alpha value is -3.74. The molecule has 28 heavy (non-hydrogen) atoms. The molecule has 1 heterocycles. The normalized spacial score (nSPS) is 11.6. The molecule has 0 aliphatic heterocycles. The summed E-state index contributed by atoms with van der Waals surface area (Å²) in [6.45, 7) is -0.808. The number of ether oxygens (including phenoxy) is 1. The van der Waals surface area contributed by atoms with Gasteiger partial charge in [-0.15, -0.1) is 0 Å². The van der Waals surface area contributed by atoms with E-state index in [9.17, 15) is 19.2 Å². The Morgan fingerprint density at radius 3 is 2.61 bits per heavy atom. The van der Waals surface area contributed by atoms with Crippen molar-refractivity contribution in [2.45, 2.75) is 13.0 Å². The maximum Gasteiger partial charge on any atom is 0.328 e. The molecule has 0 spiro atoms. The minimum Gasteiger partial charge on any atom is -0.456 e. The van der Waals surface area contributed by atoms with E-state index in [4.69, 9.17) is 4.74 Å². The summed E-state index contributed by atoms with van der Waals surface area (Å²) in [7, 11) is 0. The fourth-order valence-corrected chi connectivity index (χ4v) is 3.28. The Balaban J connectivity index is 1.43. The number of nitrogens with zero attached hydrogens (tertiary/aromatic N) is 1. The summed E-state index contributed by atoms with van der Waals surface area (Å²) >= 11 is 0. The van der Waals surface area contributed by atoms with Gasteiger partial charge in [-0.3, -0.25) is 23.9 Å². The predicted octanol–water partition coefficient (Wildman–Crippen LogP) is 1.53. The predicted molar refractivity (Wildman–Crippen MR) is 101 cm³/mol. The molecule has 0 fully saturated rings. The quantitative estimate of drug-likeness (QED) is 0.421. The van der Waals surface area contributed by atoms with Gasteiger partial charge in [-0.05, 0) is 34.7 Å². The lowest BCUT2D eigenvalue weighted by Crippen LogP contribution is -2.31. The van der Waals surface area contributed by atoms with Crippen LogP contribution < -0.4 is 11.2 Å². The largest absolute Gasteiger partial charge is 0.456 e. The molecule has 1 aromatic heterocycles. The molecule has 0 saturated carbocycles. The first-order valence-electron chi connectivity index (χ1n) is 8.71. The maximum absolute atomic E-state index is 12.4. The van der Waals surface area contributed by atoms with E-state index in [-0.39, 0.29) is 12.3 Å². The Morgan fingerprint density at radius 2 is 1.79 bits per heavy atom. The van der Waals surface area contributed by atoms with Gasteiger partial charge in [0.25, 0.3) is 5.56 Å². The molecule has 0 unspecified atom stereocenters. The number of fused-ring (bicyclic) bond motifs is 3. The summed E-state index contributed by atoms with van der Waals surface area (Å²) in [5.74, 6) is -1.07. The van der Waals surface area contributed by atoms with Gasteiger partial charge >= 0.3 is 11.7 Å². The number of carbonyl (C=O) groups is 2. The summed E-state index contributed by atoms with van der Waals surface area (Å²) in [6.07, 6.45) is 2.03. The van der Waals surface area contributed by atoms with Gasteiger partial charge in [-0.2, -0.15) is 0 Å². The number of aromatic amines is 1. The lowest BCUT2D eigenvalue weighted by atomic mass is 10.0. The van der Waals surface area contributed by atoms with Crippen LogP contribution in [0.3, 0.4) is 0 Å². The second-order valence-corrected chi connectivity index (χ2v) is 6.53. The van der Waals surface area contributed by atoms with Crippen LogP contribution in [0, 0.1) is 0 Å². The van der Waals surface area contributed by atoms with E-state index in [0.29, 0.717) is 5.56 Å². The van der Waals surface area contributed by atoms with Gasteiger partial charge in [0.1, 0.15) is 6.54 Å². The smallest absolute Gasteiger partial charge is 0.328 e. The van der Waals surface area contributed by atoms with E-state index in [1.54, 1.807) is 6.07 Å². The Labute approximate surface area is 159 Å². The summed E-state index contributed by atoms with van der Waals surface area (Å²) < 4.78 is 6.00. The van der Waals surface area contributed by atoms with E-state index in [1.165, 1.54) is 11.8 Å². The number of hydrogen-bond donors (Lipinski definition) is 1. The molecule has 0 amide bonds. The van der Waals surface area contributed by atoms with Gasteiger partial charge in [0.15, 0.2) is 12.4 Å². The number of ketones is 1. The number of Topliss-reactive ketones (excluding diaryl/α,β-unsaturated/α-hetero) is 1. The highest BCUT2D eigenvalue weighted by molar-refractivity contribution is 5.99. The monoisotopic (exact) mass is 376 g/mol. The standard InChI is InChI=1S/C21H16N2O5/c24-18(12-28-20(26)11-23-8-7-19(25)22-21(23)27)15-6-5-14-9-13-3-1-2-4-16(13)17(14)10-15/h1-8,10H,9,11-12H2,(H,22,25,27). The third kappa shape index (κ3) is 3.42. The average Bonchev–Trinajstić information content (AvgIpc) is 3.06. The Bertz CT molecular complexity index is 1210. The summed E-state index contributed by atoms with van der Waals surface area (Å²) in [4.78, 5) is 49.0. The highest BCUT2D eigenvalue weighted by Crippen LogP contribution is 2.36. The van der Waals surface area contributed by atoms with E-state index < -0.39 is 23.8 Å². The van der Waals surface area contributed by atoms with Gasteiger partial charge in [0, 0.05) is 17.8 Å². The maximum atomic E-state index is 12.4. The van der Waals surface area contributed by atoms with Crippen LogP contribution >= 0.6 is 0 Å². The highest BCUT2D eigenvalue weighted by atomic mass is 16.5. The summed E-state index contributed by atoms with van der Waals surface area (Å²) in [6, 6.07) is 14.6. The molecule has 7 nitrogen and oxygen atoms in total. The zero-order valence-corrected chi connectivity index (χ0v) is 14.8. The molecule has 0 saturated heterocycles. The van der Waals surface area contributed by atoms with Crippen LogP contribution in [-0.2, 0) is 22.5 Å². The molecule has 2 aromatic carbocycles. The minimum atomic E-state index is -0.742. The van der Waals surface area contributed by atoms with Crippen molar-refractivity contribution in [3.05, 3.63) is 92.3 Å². The van der Waals surface area contributed by atoms with Gasteiger partial charge in [-0.25, -0.2) is 4.79 Å². The number of esters is 1. The molecule has 4 rings (SSSR count). The van der Waals surface area contributed by atoms with Crippen molar-refractivity contribution < 1.29 is 14.3 Å². The van der Waals surface area contributed by atoms with Crippen molar-refractivity contribution in [3.8, 4) is 11.1 Å². The van der Waals surface area contributed by atoms with E-state index in [1.807, 2.05) is 35.3 Å². The molecule has 1 aliphatic rings. The van der Waals surface area contributed by atoms with Crippen molar-refractivity contribution in [1.29, 1.82) is 0 Å². The number of H-pyrrole nitrogens is 1. The third-order valence-electron chi connectivity index (χ3n) is 4.68. The fourth-order valence-electron chi connectivity index (χ4n) is 3.28. The number of carbonyl (C=O) groups excluding carboxylic acids is 2. The molecule has 0 radical (unpaired) electrons. The van der Waals surface area contributed by atoms with E-state index >= 15 is 0 Å². The SMILES string of the molecule is O=C(Cn1ccc(=O)[nH]c1=O)OCC(=O)c1ccc2c(c1)-c1ccccc1C2. The zero-order valence-electron chi connectivity index (χ0n) is 14.8. The summed E-state index contributed by atoms with van der Waals surface area (Å²) in [5.41, 5.74) is 3.71. The van der Waals surface area contributed by atoms with Crippen LogP contribution in [0.4, 0.5) is 0 Å². The molecule has 140 valence electrons. The number of benzene rings is 2. The first kappa shape index (κ1) is 17.7. The first-order chi connectivity index (χ1) is 13.5. The lowest BCUT2D eigenvalue weighted by Gasteiger charge is -2.07. The van der Waals surface area contributed by atoms with E-state index in [0.717, 1.165) is 33.7 Å². The van der Waals surface area contributed by atoms with Crippen LogP contribution in [0.5, 0.6) is 0 Å². The number of hydrogen-bond acceptors (Lipinski definition) is 5. The van der Waals surface area contributed by atoms with Crippen molar-refractivity contribution in [1.82, 2.24) is 9.55 Å². The molecular formula is C21H16N2O5. The molecule has 7 heteroatoms. The fraction of sp³-hybridized carbons (Fsp3) is 0.143. The minimum absolute atomic E-state index is 0.325. The van der Waals surface area contributed by atoms with Gasteiger partial charge in [0.2, 0.25) is 0 Å². The molecule has 0 atom stereocenters. The Morgan fingerprint density at radius 1 is 1.00 bits per heavy atom. The number of rotatable bonds is 5. The second kappa shape index (κ2) is 7.11. The third-order valence-corrected chi connectivity index (χ3v) is 4.68. The van der Waals surface area contributed by atoms with E-state index in [2.05, 4.69) is 6.07 Å². The van der Waals surface area contributed by atoms with Crippen molar-refractivity contribution >= 4 is 11.8 Å².